The summed E-state index contributed by atoms with van der Waals surface area (Å²) in [5.74, 6) is 0.442. The molecule has 2 aromatic carbocycles. The van der Waals surface area contributed by atoms with Crippen molar-refractivity contribution >= 4 is 38.9 Å². The van der Waals surface area contributed by atoms with E-state index in [0.717, 1.165) is 10.6 Å². The van der Waals surface area contributed by atoms with Gasteiger partial charge in [0.05, 0.1) is 31.2 Å². The quantitative estimate of drug-likeness (QED) is 0.755. The standard InChI is InChI=1S/C18H21ClN2O5S/c1-12(18(22)20-13-8-9-17(26-3)16(19)10-13)21(27(4,23)24)14-6-5-7-15(11-14)25-2/h5-12H,1-4H3,(H,20,22). The summed E-state index contributed by atoms with van der Waals surface area (Å²) in [4.78, 5) is 12.7. The van der Waals surface area contributed by atoms with Gasteiger partial charge in [0, 0.05) is 11.8 Å². The van der Waals surface area contributed by atoms with Crippen molar-refractivity contribution in [3.63, 3.8) is 0 Å². The highest BCUT2D eigenvalue weighted by atomic mass is 35.5. The summed E-state index contributed by atoms with van der Waals surface area (Å²) in [6.45, 7) is 1.50. The summed E-state index contributed by atoms with van der Waals surface area (Å²) in [5.41, 5.74) is 0.754. The van der Waals surface area contributed by atoms with E-state index in [0.29, 0.717) is 27.9 Å². The van der Waals surface area contributed by atoms with E-state index in [9.17, 15) is 13.2 Å². The minimum Gasteiger partial charge on any atom is -0.497 e. The lowest BCUT2D eigenvalue weighted by atomic mass is 10.2. The molecule has 0 aliphatic heterocycles. The van der Waals surface area contributed by atoms with Gasteiger partial charge in [0.15, 0.2) is 0 Å². The van der Waals surface area contributed by atoms with E-state index in [1.54, 1.807) is 36.4 Å². The van der Waals surface area contributed by atoms with Crippen molar-refractivity contribution in [1.29, 1.82) is 0 Å². The van der Waals surface area contributed by atoms with Crippen molar-refractivity contribution in [3.8, 4) is 11.5 Å². The van der Waals surface area contributed by atoms with Crippen LogP contribution in [0.4, 0.5) is 11.4 Å². The number of benzene rings is 2. The maximum atomic E-state index is 12.7. The first-order valence-electron chi connectivity index (χ1n) is 7.95. The number of carbonyl (C=O) groups is 1. The van der Waals surface area contributed by atoms with Gasteiger partial charge in [-0.3, -0.25) is 9.10 Å². The Bertz CT molecular complexity index is 933. The van der Waals surface area contributed by atoms with Crippen LogP contribution in [-0.4, -0.2) is 40.8 Å². The van der Waals surface area contributed by atoms with Crippen LogP contribution < -0.4 is 19.1 Å². The van der Waals surface area contributed by atoms with E-state index in [4.69, 9.17) is 21.1 Å². The molecule has 2 aromatic rings. The highest BCUT2D eigenvalue weighted by Crippen LogP contribution is 2.28. The Kier molecular flexibility index (Phi) is 6.56. The molecule has 1 amide bonds. The van der Waals surface area contributed by atoms with Gasteiger partial charge in [-0.05, 0) is 37.3 Å². The van der Waals surface area contributed by atoms with Gasteiger partial charge >= 0.3 is 0 Å². The number of carbonyl (C=O) groups excluding carboxylic acids is 1. The highest BCUT2D eigenvalue weighted by Gasteiger charge is 2.29. The van der Waals surface area contributed by atoms with E-state index < -0.39 is 22.0 Å². The Morgan fingerprint density at radius 2 is 1.85 bits per heavy atom. The molecule has 0 saturated heterocycles. The minimum absolute atomic E-state index is 0.326. The van der Waals surface area contributed by atoms with Gasteiger partial charge in [-0.15, -0.1) is 0 Å². The van der Waals surface area contributed by atoms with Gasteiger partial charge in [0.1, 0.15) is 17.5 Å². The van der Waals surface area contributed by atoms with Crippen molar-refractivity contribution in [1.82, 2.24) is 0 Å². The van der Waals surface area contributed by atoms with Crippen molar-refractivity contribution < 1.29 is 22.7 Å². The first-order valence-corrected chi connectivity index (χ1v) is 10.2. The number of hydrogen-bond acceptors (Lipinski definition) is 5. The smallest absolute Gasteiger partial charge is 0.247 e. The number of halogens is 1. The zero-order valence-electron chi connectivity index (χ0n) is 15.4. The molecule has 27 heavy (non-hydrogen) atoms. The lowest BCUT2D eigenvalue weighted by Gasteiger charge is -2.28. The Morgan fingerprint density at radius 1 is 1.15 bits per heavy atom. The summed E-state index contributed by atoms with van der Waals surface area (Å²) in [7, 11) is -0.762. The van der Waals surface area contributed by atoms with Crippen LogP contribution in [0, 0.1) is 0 Å². The number of nitrogens with one attached hydrogen (secondary N) is 1. The van der Waals surface area contributed by atoms with Crippen LogP contribution in [0.15, 0.2) is 42.5 Å². The van der Waals surface area contributed by atoms with E-state index in [1.807, 2.05) is 0 Å². The highest BCUT2D eigenvalue weighted by molar-refractivity contribution is 7.92. The van der Waals surface area contributed by atoms with Crippen molar-refractivity contribution in [2.24, 2.45) is 0 Å². The third-order valence-electron chi connectivity index (χ3n) is 3.82. The minimum atomic E-state index is -3.73. The van der Waals surface area contributed by atoms with Crippen LogP contribution in [0.25, 0.3) is 0 Å². The molecule has 0 heterocycles. The van der Waals surface area contributed by atoms with Crippen LogP contribution in [0.2, 0.25) is 5.02 Å². The zero-order valence-corrected chi connectivity index (χ0v) is 17.0. The van der Waals surface area contributed by atoms with Crippen LogP contribution in [0.5, 0.6) is 11.5 Å². The second kappa shape index (κ2) is 8.49. The molecular weight excluding hydrogens is 392 g/mol. The van der Waals surface area contributed by atoms with Gasteiger partial charge in [0.2, 0.25) is 15.9 Å². The molecule has 0 aromatic heterocycles. The number of ether oxygens (including phenoxy) is 2. The molecule has 1 atom stereocenters. The fourth-order valence-corrected chi connectivity index (χ4v) is 3.97. The molecule has 0 bridgehead atoms. The number of anilines is 2. The Labute approximate surface area is 163 Å². The molecule has 0 aliphatic rings. The topological polar surface area (TPSA) is 84.9 Å². The summed E-state index contributed by atoms with van der Waals surface area (Å²) < 4.78 is 35.9. The van der Waals surface area contributed by atoms with Gasteiger partial charge in [-0.2, -0.15) is 0 Å². The number of amides is 1. The Balaban J connectivity index is 2.30. The SMILES string of the molecule is COc1cccc(N(C(C)C(=O)Nc2ccc(OC)c(Cl)c2)S(C)(=O)=O)c1. The third kappa shape index (κ3) is 5.05. The van der Waals surface area contributed by atoms with Gasteiger partial charge in [-0.1, -0.05) is 17.7 Å². The molecule has 0 saturated carbocycles. The van der Waals surface area contributed by atoms with Crippen molar-refractivity contribution in [3.05, 3.63) is 47.5 Å². The van der Waals surface area contributed by atoms with E-state index >= 15 is 0 Å². The summed E-state index contributed by atoms with van der Waals surface area (Å²) in [6.07, 6.45) is 1.04. The van der Waals surface area contributed by atoms with E-state index in [1.165, 1.54) is 27.2 Å². The largest absolute Gasteiger partial charge is 0.497 e. The Morgan fingerprint density at radius 3 is 2.41 bits per heavy atom. The molecule has 0 aliphatic carbocycles. The lowest BCUT2D eigenvalue weighted by Crippen LogP contribution is -2.45. The molecule has 9 heteroatoms. The maximum absolute atomic E-state index is 12.7. The molecule has 0 spiro atoms. The normalized spacial score (nSPS) is 12.2. The van der Waals surface area contributed by atoms with E-state index in [-0.39, 0.29) is 0 Å². The number of sulfonamides is 1. The fourth-order valence-electron chi connectivity index (χ4n) is 2.55. The van der Waals surface area contributed by atoms with Crippen molar-refractivity contribution in [2.75, 3.05) is 30.1 Å². The number of rotatable bonds is 7. The summed E-state index contributed by atoms with van der Waals surface area (Å²) in [5, 5.41) is 3.00. The average molecular weight is 413 g/mol. The number of nitrogens with zero attached hydrogens (tertiary/aromatic N) is 1. The van der Waals surface area contributed by atoms with E-state index in [2.05, 4.69) is 5.32 Å². The van der Waals surface area contributed by atoms with Crippen molar-refractivity contribution in [2.45, 2.75) is 13.0 Å². The summed E-state index contributed by atoms with van der Waals surface area (Å²) >= 11 is 6.06. The molecule has 0 radical (unpaired) electrons. The molecule has 0 fully saturated rings. The second-order valence-corrected chi connectivity index (χ2v) is 8.04. The summed E-state index contributed by atoms with van der Waals surface area (Å²) in [6, 6.07) is 10.2. The molecule has 1 N–H and O–H groups in total. The van der Waals surface area contributed by atoms with Crippen LogP contribution >= 0.6 is 11.6 Å². The average Bonchev–Trinajstić information content (AvgIpc) is 2.61. The Hall–Kier alpha value is -2.45. The number of hydrogen-bond donors (Lipinski definition) is 1. The monoisotopic (exact) mass is 412 g/mol. The molecule has 146 valence electrons. The lowest BCUT2D eigenvalue weighted by molar-refractivity contribution is -0.116. The fraction of sp³-hybridized carbons (Fsp3) is 0.278. The first kappa shape index (κ1) is 20.9. The molecule has 7 nitrogen and oxygen atoms in total. The maximum Gasteiger partial charge on any atom is 0.247 e. The van der Waals surface area contributed by atoms with Crippen LogP contribution in [0.1, 0.15) is 6.92 Å². The van der Waals surface area contributed by atoms with Crippen LogP contribution in [0.3, 0.4) is 0 Å². The van der Waals surface area contributed by atoms with Gasteiger partial charge < -0.3 is 14.8 Å². The van der Waals surface area contributed by atoms with Gasteiger partial charge in [-0.25, -0.2) is 8.42 Å². The number of methoxy groups -OCH3 is 2. The zero-order chi connectivity index (χ0) is 20.2. The van der Waals surface area contributed by atoms with Crippen LogP contribution in [-0.2, 0) is 14.8 Å². The molecular formula is C18H21ClN2O5S. The predicted molar refractivity (Wildman–Crippen MR) is 106 cm³/mol. The second-order valence-electron chi connectivity index (χ2n) is 5.77. The predicted octanol–water partition coefficient (Wildman–Crippen LogP) is 3.15. The molecule has 1 unspecified atom stereocenters. The first-order chi connectivity index (χ1) is 12.7. The molecule has 2 rings (SSSR count). The van der Waals surface area contributed by atoms with Gasteiger partial charge in [0.25, 0.3) is 0 Å². The third-order valence-corrected chi connectivity index (χ3v) is 5.35.